The number of pyridine rings is 1. The molecule has 1 aliphatic rings. The molecule has 1 aromatic carbocycles. The summed E-state index contributed by atoms with van der Waals surface area (Å²) in [4.78, 5) is 30.6. The molecule has 0 aliphatic carbocycles. The standard InChI is InChI=1S/C20H21F3N4O5/c1-11-8-14-17(26-18(11)31-3)27(9-16(28)24-14)19(29)25-15(10-30-2)12-4-6-13(7-5-12)32-20(21,22)23/h4-8,15H,9-10H2,1-3H3,(H,24,28)(H,25,29)/t15-/m0/s1. The van der Waals surface area contributed by atoms with Gasteiger partial charge < -0.3 is 24.8 Å². The number of methoxy groups -OCH3 is 2. The summed E-state index contributed by atoms with van der Waals surface area (Å²) in [6, 6.07) is 5.32. The lowest BCUT2D eigenvalue weighted by molar-refractivity contribution is -0.274. The number of ether oxygens (including phenoxy) is 3. The van der Waals surface area contributed by atoms with Gasteiger partial charge in [-0.1, -0.05) is 12.1 Å². The number of benzene rings is 1. The van der Waals surface area contributed by atoms with Crippen LogP contribution in [-0.4, -0.2) is 50.7 Å². The molecule has 2 heterocycles. The van der Waals surface area contributed by atoms with E-state index in [0.717, 1.165) is 17.0 Å². The summed E-state index contributed by atoms with van der Waals surface area (Å²) in [5.41, 5.74) is 1.50. The summed E-state index contributed by atoms with van der Waals surface area (Å²) < 4.78 is 51.3. The Hall–Kier alpha value is -3.54. The van der Waals surface area contributed by atoms with E-state index in [4.69, 9.17) is 9.47 Å². The Morgan fingerprint density at radius 2 is 1.97 bits per heavy atom. The van der Waals surface area contributed by atoms with E-state index in [0.29, 0.717) is 22.7 Å². The molecule has 32 heavy (non-hydrogen) atoms. The van der Waals surface area contributed by atoms with Gasteiger partial charge in [-0.2, -0.15) is 4.98 Å². The van der Waals surface area contributed by atoms with E-state index in [1.807, 2.05) is 0 Å². The number of aryl methyl sites for hydroxylation is 1. The van der Waals surface area contributed by atoms with E-state index < -0.39 is 30.1 Å². The molecule has 3 rings (SSSR count). The lowest BCUT2D eigenvalue weighted by Crippen LogP contribution is -2.49. The second kappa shape index (κ2) is 9.30. The van der Waals surface area contributed by atoms with E-state index in [1.165, 1.54) is 26.4 Å². The van der Waals surface area contributed by atoms with E-state index in [1.54, 1.807) is 13.0 Å². The molecule has 12 heteroatoms. The number of nitrogens with zero attached hydrogens (tertiary/aromatic N) is 2. The molecule has 3 amide bonds. The molecule has 2 N–H and O–H groups in total. The van der Waals surface area contributed by atoms with Gasteiger partial charge >= 0.3 is 12.4 Å². The number of hydrogen-bond acceptors (Lipinski definition) is 6. The van der Waals surface area contributed by atoms with Gasteiger partial charge in [-0.15, -0.1) is 13.2 Å². The number of anilines is 2. The van der Waals surface area contributed by atoms with Crippen molar-refractivity contribution >= 4 is 23.4 Å². The van der Waals surface area contributed by atoms with Crippen molar-refractivity contribution in [2.45, 2.75) is 19.3 Å². The largest absolute Gasteiger partial charge is 0.573 e. The highest BCUT2D eigenvalue weighted by Gasteiger charge is 2.32. The Bertz CT molecular complexity index is 998. The zero-order valence-electron chi connectivity index (χ0n) is 17.4. The molecule has 1 aliphatic heterocycles. The van der Waals surface area contributed by atoms with Gasteiger partial charge in [0.05, 0.1) is 25.4 Å². The van der Waals surface area contributed by atoms with Gasteiger partial charge in [0, 0.05) is 12.7 Å². The predicted octanol–water partition coefficient (Wildman–Crippen LogP) is 3.15. The number of rotatable bonds is 6. The van der Waals surface area contributed by atoms with Crippen molar-refractivity contribution in [3.63, 3.8) is 0 Å². The number of carbonyl (C=O) groups excluding carboxylic acids is 2. The fraction of sp³-hybridized carbons (Fsp3) is 0.350. The van der Waals surface area contributed by atoms with Gasteiger partial charge in [-0.05, 0) is 30.7 Å². The van der Waals surface area contributed by atoms with Crippen LogP contribution in [0.25, 0.3) is 0 Å². The van der Waals surface area contributed by atoms with Crippen LogP contribution in [0.15, 0.2) is 30.3 Å². The number of carbonyl (C=O) groups is 2. The molecule has 172 valence electrons. The van der Waals surface area contributed by atoms with Crippen molar-refractivity contribution in [2.75, 3.05) is 37.6 Å². The Labute approximate surface area is 181 Å². The minimum Gasteiger partial charge on any atom is -0.481 e. The third-order valence-electron chi connectivity index (χ3n) is 4.56. The van der Waals surface area contributed by atoms with Crippen LogP contribution in [0.4, 0.5) is 29.5 Å². The Kier molecular flexibility index (Phi) is 6.72. The number of amides is 3. The molecular weight excluding hydrogens is 433 g/mol. The molecular formula is C20H21F3N4O5. The van der Waals surface area contributed by atoms with Gasteiger partial charge in [-0.3, -0.25) is 9.69 Å². The van der Waals surface area contributed by atoms with Gasteiger partial charge in [-0.25, -0.2) is 4.79 Å². The molecule has 0 radical (unpaired) electrons. The van der Waals surface area contributed by atoms with Crippen molar-refractivity contribution < 1.29 is 37.0 Å². The summed E-state index contributed by atoms with van der Waals surface area (Å²) in [6.45, 7) is 1.50. The molecule has 0 spiro atoms. The summed E-state index contributed by atoms with van der Waals surface area (Å²) >= 11 is 0. The van der Waals surface area contributed by atoms with Gasteiger partial charge in [0.25, 0.3) is 0 Å². The third-order valence-corrected chi connectivity index (χ3v) is 4.56. The molecule has 9 nitrogen and oxygen atoms in total. The second-order valence-corrected chi connectivity index (χ2v) is 6.89. The fourth-order valence-electron chi connectivity index (χ4n) is 3.18. The number of fused-ring (bicyclic) bond motifs is 1. The Morgan fingerprint density at radius 1 is 1.28 bits per heavy atom. The van der Waals surface area contributed by atoms with Crippen molar-refractivity contribution in [3.05, 3.63) is 41.5 Å². The average molecular weight is 454 g/mol. The minimum atomic E-state index is -4.81. The molecule has 0 saturated heterocycles. The summed E-state index contributed by atoms with van der Waals surface area (Å²) in [5.74, 6) is -0.297. The lowest BCUT2D eigenvalue weighted by atomic mass is 10.1. The van der Waals surface area contributed by atoms with Crippen LogP contribution in [0.3, 0.4) is 0 Å². The maximum absolute atomic E-state index is 13.0. The van der Waals surface area contributed by atoms with Crippen LogP contribution in [0, 0.1) is 6.92 Å². The number of hydrogen-bond donors (Lipinski definition) is 2. The van der Waals surface area contributed by atoms with Crippen molar-refractivity contribution in [3.8, 4) is 11.6 Å². The molecule has 0 bridgehead atoms. The van der Waals surface area contributed by atoms with Crippen molar-refractivity contribution in [1.29, 1.82) is 0 Å². The second-order valence-electron chi connectivity index (χ2n) is 6.89. The first kappa shape index (κ1) is 23.1. The molecule has 0 fully saturated rings. The van der Waals surface area contributed by atoms with Crippen LogP contribution in [0.2, 0.25) is 0 Å². The highest BCUT2D eigenvalue weighted by atomic mass is 19.4. The van der Waals surface area contributed by atoms with Crippen molar-refractivity contribution in [2.24, 2.45) is 0 Å². The smallest absolute Gasteiger partial charge is 0.481 e. The normalized spacial score (nSPS) is 14.3. The van der Waals surface area contributed by atoms with Crippen LogP contribution in [-0.2, 0) is 9.53 Å². The van der Waals surface area contributed by atoms with E-state index in [9.17, 15) is 22.8 Å². The van der Waals surface area contributed by atoms with Crippen LogP contribution < -0.4 is 25.0 Å². The molecule has 1 aromatic heterocycles. The SMILES string of the molecule is COC[C@H](NC(=O)N1CC(=O)Nc2cc(C)c(OC)nc21)c1ccc(OC(F)(F)F)cc1. The monoisotopic (exact) mass is 454 g/mol. The highest BCUT2D eigenvalue weighted by molar-refractivity contribution is 6.08. The zero-order valence-corrected chi connectivity index (χ0v) is 17.4. The highest BCUT2D eigenvalue weighted by Crippen LogP contribution is 2.32. The molecule has 1 atom stereocenters. The lowest BCUT2D eigenvalue weighted by Gasteiger charge is -2.30. The fourth-order valence-corrected chi connectivity index (χ4v) is 3.18. The molecule has 2 aromatic rings. The van der Waals surface area contributed by atoms with Crippen LogP contribution in [0.5, 0.6) is 11.6 Å². The quantitative estimate of drug-likeness (QED) is 0.696. The zero-order chi connectivity index (χ0) is 23.5. The van der Waals surface area contributed by atoms with Crippen LogP contribution >= 0.6 is 0 Å². The van der Waals surface area contributed by atoms with Gasteiger partial charge in [0.2, 0.25) is 11.8 Å². The maximum atomic E-state index is 13.0. The van der Waals surface area contributed by atoms with Gasteiger partial charge in [0.15, 0.2) is 5.82 Å². The summed E-state index contributed by atoms with van der Waals surface area (Å²) in [6.07, 6.45) is -4.81. The number of halogens is 3. The first-order valence-electron chi connectivity index (χ1n) is 9.39. The summed E-state index contributed by atoms with van der Waals surface area (Å²) in [7, 11) is 2.85. The Balaban J connectivity index is 1.83. The topological polar surface area (TPSA) is 102 Å². The number of nitrogens with one attached hydrogen (secondary N) is 2. The average Bonchev–Trinajstić information content (AvgIpc) is 2.71. The van der Waals surface area contributed by atoms with E-state index in [2.05, 4.69) is 20.4 Å². The Morgan fingerprint density at radius 3 is 2.56 bits per heavy atom. The maximum Gasteiger partial charge on any atom is 0.573 e. The molecule has 0 saturated carbocycles. The first-order chi connectivity index (χ1) is 15.1. The first-order valence-corrected chi connectivity index (χ1v) is 9.39. The van der Waals surface area contributed by atoms with E-state index >= 15 is 0 Å². The predicted molar refractivity (Wildman–Crippen MR) is 108 cm³/mol. The van der Waals surface area contributed by atoms with Crippen molar-refractivity contribution in [1.82, 2.24) is 10.3 Å². The minimum absolute atomic E-state index is 0.0305. The van der Waals surface area contributed by atoms with Crippen LogP contribution in [0.1, 0.15) is 17.2 Å². The third kappa shape index (κ3) is 5.38. The number of urea groups is 1. The number of alkyl halides is 3. The van der Waals surface area contributed by atoms with Gasteiger partial charge in [0.1, 0.15) is 12.3 Å². The summed E-state index contributed by atoms with van der Waals surface area (Å²) in [5, 5.41) is 5.39. The number of aromatic nitrogens is 1. The van der Waals surface area contributed by atoms with E-state index in [-0.39, 0.29) is 19.0 Å². The molecule has 0 unspecified atom stereocenters.